The van der Waals surface area contributed by atoms with Crippen LogP contribution in [0, 0.1) is 0 Å². The predicted molar refractivity (Wildman–Crippen MR) is 114 cm³/mol. The summed E-state index contributed by atoms with van der Waals surface area (Å²) in [6.07, 6.45) is 0. The van der Waals surface area contributed by atoms with Crippen LogP contribution >= 0.6 is 63.7 Å². The number of methoxy groups -OCH3 is 2. The van der Waals surface area contributed by atoms with Crippen molar-refractivity contribution >= 4 is 96.0 Å². The maximum atomic E-state index is 5.58. The molecule has 0 saturated carbocycles. The maximum Gasteiger partial charge on any atom is 0.148 e. The van der Waals surface area contributed by atoms with Crippen LogP contribution in [-0.2, 0) is 0 Å². The second-order valence-corrected chi connectivity index (χ2v) is 8.57. The molecule has 0 radical (unpaired) electrons. The molecule has 0 heterocycles. The first kappa shape index (κ1) is 16.9. The van der Waals surface area contributed by atoms with Gasteiger partial charge in [0.2, 0.25) is 0 Å². The number of rotatable bonds is 2. The monoisotopic (exact) mass is 574 g/mol. The van der Waals surface area contributed by atoms with Gasteiger partial charge in [-0.05, 0) is 74.5 Å². The van der Waals surface area contributed by atoms with E-state index in [9.17, 15) is 0 Å². The summed E-state index contributed by atoms with van der Waals surface area (Å²) in [5.74, 6) is 1.60. The van der Waals surface area contributed by atoms with Crippen molar-refractivity contribution in [2.75, 3.05) is 14.2 Å². The van der Waals surface area contributed by atoms with E-state index in [1.165, 1.54) is 10.8 Å². The minimum atomic E-state index is 0.802. The lowest BCUT2D eigenvalue weighted by atomic mass is 9.94. The van der Waals surface area contributed by atoms with Crippen LogP contribution in [0.4, 0.5) is 0 Å². The second kappa shape index (κ2) is 6.01. The second-order valence-electron chi connectivity index (χ2n) is 5.39. The first-order chi connectivity index (χ1) is 11.5. The van der Waals surface area contributed by atoms with Crippen molar-refractivity contribution in [1.29, 1.82) is 0 Å². The molecule has 0 unspecified atom stereocenters. The molecule has 0 aliphatic carbocycles. The topological polar surface area (TPSA) is 18.5 Å². The molecule has 0 saturated heterocycles. The molecule has 24 heavy (non-hydrogen) atoms. The third-order valence-electron chi connectivity index (χ3n) is 4.31. The molecule has 6 heteroatoms. The van der Waals surface area contributed by atoms with Crippen molar-refractivity contribution in [2.45, 2.75) is 0 Å². The van der Waals surface area contributed by atoms with Crippen molar-refractivity contribution in [1.82, 2.24) is 0 Å². The van der Waals surface area contributed by atoms with Crippen molar-refractivity contribution in [3.63, 3.8) is 0 Å². The molecule has 2 nitrogen and oxygen atoms in total. The zero-order valence-corrected chi connectivity index (χ0v) is 19.0. The fourth-order valence-corrected chi connectivity index (χ4v) is 6.56. The molecule has 0 spiro atoms. The summed E-state index contributed by atoms with van der Waals surface area (Å²) in [6.45, 7) is 0. The lowest BCUT2D eigenvalue weighted by Crippen LogP contribution is -1.94. The number of hydrogen-bond acceptors (Lipinski definition) is 2. The summed E-state index contributed by atoms with van der Waals surface area (Å²) in [6, 6.07) is 8.45. The highest BCUT2D eigenvalue weighted by atomic mass is 79.9. The normalized spacial score (nSPS) is 11.8. The standard InChI is InChI=1S/C18H10Br4O2/c1-23-17-13(19)7-3-5-9-12-10(16(22)18(24-2)15(9)21)6-4-8(11(7)12)14(17)20/h3-6H,1-2H3. The van der Waals surface area contributed by atoms with E-state index < -0.39 is 0 Å². The SMILES string of the molecule is COc1c(Br)c2ccc3c(Br)c(OC)c(Br)c4ccc(c1Br)c2c34. The van der Waals surface area contributed by atoms with Gasteiger partial charge in [0.05, 0.1) is 32.1 Å². The zero-order chi connectivity index (χ0) is 17.2. The van der Waals surface area contributed by atoms with Gasteiger partial charge in [-0.1, -0.05) is 24.3 Å². The van der Waals surface area contributed by atoms with E-state index in [1.54, 1.807) is 14.2 Å². The number of benzene rings is 4. The molecular formula is C18H10Br4O2. The van der Waals surface area contributed by atoms with Crippen molar-refractivity contribution in [3.8, 4) is 11.5 Å². The van der Waals surface area contributed by atoms with E-state index in [1.807, 2.05) is 0 Å². The van der Waals surface area contributed by atoms with E-state index in [-0.39, 0.29) is 0 Å². The molecule has 0 aromatic heterocycles. The number of ether oxygens (including phenoxy) is 2. The average Bonchev–Trinajstić information content (AvgIpc) is 2.58. The van der Waals surface area contributed by atoms with E-state index >= 15 is 0 Å². The summed E-state index contributed by atoms with van der Waals surface area (Å²) in [7, 11) is 3.36. The summed E-state index contributed by atoms with van der Waals surface area (Å²) < 4.78 is 14.9. The Hall–Kier alpha value is -0.560. The fourth-order valence-electron chi connectivity index (χ4n) is 3.27. The minimum Gasteiger partial charge on any atom is -0.494 e. The minimum absolute atomic E-state index is 0.802. The first-order valence-electron chi connectivity index (χ1n) is 7.05. The van der Waals surface area contributed by atoms with Crippen LogP contribution in [0.3, 0.4) is 0 Å². The van der Waals surface area contributed by atoms with Gasteiger partial charge in [-0.3, -0.25) is 0 Å². The largest absolute Gasteiger partial charge is 0.494 e. The summed E-state index contributed by atoms with van der Waals surface area (Å²) in [5, 5.41) is 6.85. The number of halogens is 4. The Bertz CT molecular complexity index is 954. The van der Waals surface area contributed by atoms with E-state index in [0.717, 1.165) is 50.9 Å². The molecule has 0 aliphatic heterocycles. The van der Waals surface area contributed by atoms with Crippen LogP contribution in [0.25, 0.3) is 32.3 Å². The average molecular weight is 578 g/mol. The lowest BCUT2D eigenvalue weighted by Gasteiger charge is -2.19. The Balaban J connectivity index is 2.38. The van der Waals surface area contributed by atoms with Gasteiger partial charge in [0, 0.05) is 21.5 Å². The third kappa shape index (κ3) is 2.09. The maximum absolute atomic E-state index is 5.58. The molecule has 0 aliphatic rings. The van der Waals surface area contributed by atoms with Crippen LogP contribution in [0.2, 0.25) is 0 Å². The zero-order valence-electron chi connectivity index (χ0n) is 12.6. The molecular weight excluding hydrogens is 568 g/mol. The van der Waals surface area contributed by atoms with Crippen LogP contribution in [0.1, 0.15) is 0 Å². The summed E-state index contributed by atoms with van der Waals surface area (Å²) in [5.41, 5.74) is 0. The summed E-state index contributed by atoms with van der Waals surface area (Å²) >= 11 is 14.8. The highest BCUT2D eigenvalue weighted by Crippen LogP contribution is 2.51. The van der Waals surface area contributed by atoms with Gasteiger partial charge < -0.3 is 9.47 Å². The predicted octanol–water partition coefficient (Wildman–Crippen LogP) is 7.65. The van der Waals surface area contributed by atoms with Crippen LogP contribution in [-0.4, -0.2) is 14.2 Å². The lowest BCUT2D eigenvalue weighted by molar-refractivity contribution is 0.410. The van der Waals surface area contributed by atoms with Crippen molar-refractivity contribution < 1.29 is 9.47 Å². The Labute approximate surface area is 172 Å². The molecule has 0 N–H and O–H groups in total. The Morgan fingerprint density at radius 3 is 1.00 bits per heavy atom. The Morgan fingerprint density at radius 2 is 0.792 bits per heavy atom. The van der Waals surface area contributed by atoms with Gasteiger partial charge in [-0.25, -0.2) is 0 Å². The third-order valence-corrected chi connectivity index (χ3v) is 7.46. The van der Waals surface area contributed by atoms with Gasteiger partial charge in [-0.15, -0.1) is 0 Å². The molecule has 0 fully saturated rings. The van der Waals surface area contributed by atoms with Gasteiger partial charge >= 0.3 is 0 Å². The van der Waals surface area contributed by atoms with Crippen molar-refractivity contribution in [3.05, 3.63) is 42.2 Å². The van der Waals surface area contributed by atoms with Gasteiger partial charge in [0.15, 0.2) is 0 Å². The van der Waals surface area contributed by atoms with Gasteiger partial charge in [0.25, 0.3) is 0 Å². The van der Waals surface area contributed by atoms with E-state index in [4.69, 9.17) is 9.47 Å². The molecule has 4 rings (SSSR count). The highest BCUT2D eigenvalue weighted by molar-refractivity contribution is 9.11. The fraction of sp³-hybridized carbons (Fsp3) is 0.111. The molecule has 4 aromatic carbocycles. The van der Waals surface area contributed by atoms with Crippen LogP contribution < -0.4 is 9.47 Å². The molecule has 0 amide bonds. The molecule has 0 atom stereocenters. The van der Waals surface area contributed by atoms with Crippen molar-refractivity contribution in [2.24, 2.45) is 0 Å². The Kier molecular flexibility index (Phi) is 4.23. The van der Waals surface area contributed by atoms with E-state index in [0.29, 0.717) is 0 Å². The molecule has 122 valence electrons. The molecule has 4 aromatic rings. The van der Waals surface area contributed by atoms with Crippen LogP contribution in [0.15, 0.2) is 42.2 Å². The van der Waals surface area contributed by atoms with Gasteiger partial charge in [0.1, 0.15) is 11.5 Å². The van der Waals surface area contributed by atoms with Crippen LogP contribution in [0.5, 0.6) is 11.5 Å². The first-order valence-corrected chi connectivity index (χ1v) is 10.2. The Morgan fingerprint density at radius 1 is 0.542 bits per heavy atom. The van der Waals surface area contributed by atoms with E-state index in [2.05, 4.69) is 88.0 Å². The summed E-state index contributed by atoms with van der Waals surface area (Å²) in [4.78, 5) is 0. The molecule has 0 bridgehead atoms. The van der Waals surface area contributed by atoms with Gasteiger partial charge in [-0.2, -0.15) is 0 Å². The number of hydrogen-bond donors (Lipinski definition) is 0. The smallest absolute Gasteiger partial charge is 0.148 e. The highest BCUT2D eigenvalue weighted by Gasteiger charge is 2.22. The quantitative estimate of drug-likeness (QED) is 0.228.